The predicted molar refractivity (Wildman–Crippen MR) is 93.4 cm³/mol. The first-order valence-electron chi connectivity index (χ1n) is 9.00. The summed E-state index contributed by atoms with van der Waals surface area (Å²) in [5.41, 5.74) is 0.957. The molecule has 0 unspecified atom stereocenters. The second-order valence-corrected chi connectivity index (χ2v) is 7.28. The maximum absolute atomic E-state index is 12.9. The summed E-state index contributed by atoms with van der Waals surface area (Å²) in [5.74, 6) is -1.93. The highest BCUT2D eigenvalue weighted by molar-refractivity contribution is 5.97. The van der Waals surface area contributed by atoms with Crippen LogP contribution in [0.3, 0.4) is 0 Å². The number of anilines is 1. The Kier molecular flexibility index (Phi) is 4.05. The number of carboxylic acid groups (broad SMARTS) is 1. The Balaban J connectivity index is 1.50. The Labute approximate surface area is 151 Å². The number of carbonyl (C=O) groups is 3. The number of fused-ring (bicyclic) bond motifs is 1. The van der Waals surface area contributed by atoms with Gasteiger partial charge in [0.2, 0.25) is 5.91 Å². The van der Waals surface area contributed by atoms with E-state index < -0.39 is 23.8 Å². The molecule has 0 aromatic heterocycles. The summed E-state index contributed by atoms with van der Waals surface area (Å²) in [4.78, 5) is 36.3. The monoisotopic (exact) mass is 355 g/mol. The van der Waals surface area contributed by atoms with Gasteiger partial charge in [-0.25, -0.2) is 4.79 Å². The number of amides is 1. The summed E-state index contributed by atoms with van der Waals surface area (Å²) in [6.45, 7) is 2.04. The maximum Gasteiger partial charge on any atom is 0.338 e. The molecule has 0 aliphatic heterocycles. The number of esters is 1. The third-order valence-corrected chi connectivity index (χ3v) is 5.90. The molecule has 0 spiro atoms. The SMILES string of the molecule is CCOC(=O)c1ccc(NC(=O)[C@@H]2[C@H]3C=C[C@@H]([C@@H]4C[C@@H]34)[C@@H]2C(=O)O)cc1. The lowest BCUT2D eigenvalue weighted by Gasteiger charge is -2.41. The molecule has 1 aromatic rings. The number of allylic oxidation sites excluding steroid dienone is 2. The first-order chi connectivity index (χ1) is 12.5. The second kappa shape index (κ2) is 6.27. The first-order valence-corrected chi connectivity index (χ1v) is 9.00. The van der Waals surface area contributed by atoms with Gasteiger partial charge in [-0.3, -0.25) is 9.59 Å². The third kappa shape index (κ3) is 2.69. The fraction of sp³-hybridized carbons (Fsp3) is 0.450. The minimum Gasteiger partial charge on any atom is -0.481 e. The summed E-state index contributed by atoms with van der Waals surface area (Å²) < 4.78 is 4.94. The zero-order valence-electron chi connectivity index (χ0n) is 14.4. The highest BCUT2D eigenvalue weighted by atomic mass is 16.5. The fourth-order valence-corrected chi connectivity index (χ4v) is 4.70. The van der Waals surface area contributed by atoms with E-state index in [2.05, 4.69) is 5.32 Å². The summed E-state index contributed by atoms with van der Waals surface area (Å²) >= 11 is 0. The van der Waals surface area contributed by atoms with Crippen molar-refractivity contribution < 1.29 is 24.2 Å². The van der Waals surface area contributed by atoms with Crippen molar-refractivity contribution in [1.82, 2.24) is 0 Å². The Morgan fingerprint density at radius 1 is 1.08 bits per heavy atom. The van der Waals surface area contributed by atoms with E-state index in [1.165, 1.54) is 0 Å². The van der Waals surface area contributed by atoms with Crippen LogP contribution in [-0.2, 0) is 14.3 Å². The average Bonchev–Trinajstić information content (AvgIpc) is 3.44. The summed E-state index contributed by atoms with van der Waals surface area (Å²) in [6, 6.07) is 6.45. The lowest BCUT2D eigenvalue weighted by Crippen LogP contribution is -2.48. The zero-order chi connectivity index (χ0) is 18.4. The molecule has 0 saturated heterocycles. The van der Waals surface area contributed by atoms with Crippen LogP contribution in [0, 0.1) is 35.5 Å². The van der Waals surface area contributed by atoms with Crippen molar-refractivity contribution in [2.24, 2.45) is 35.5 Å². The average molecular weight is 355 g/mol. The zero-order valence-corrected chi connectivity index (χ0v) is 14.4. The van der Waals surface area contributed by atoms with Crippen LogP contribution in [0.5, 0.6) is 0 Å². The molecule has 1 aromatic carbocycles. The molecule has 6 heteroatoms. The van der Waals surface area contributed by atoms with Crippen molar-refractivity contribution in [3.63, 3.8) is 0 Å². The Morgan fingerprint density at radius 2 is 1.69 bits per heavy atom. The van der Waals surface area contributed by atoms with E-state index in [0.29, 0.717) is 29.7 Å². The summed E-state index contributed by atoms with van der Waals surface area (Å²) in [5, 5.41) is 12.5. The van der Waals surface area contributed by atoms with E-state index in [1.807, 2.05) is 12.2 Å². The molecule has 136 valence electrons. The molecule has 2 saturated carbocycles. The normalized spacial score (nSPS) is 33.3. The number of carboxylic acids is 1. The van der Waals surface area contributed by atoms with E-state index in [9.17, 15) is 19.5 Å². The molecule has 1 amide bonds. The van der Waals surface area contributed by atoms with Crippen molar-refractivity contribution >= 4 is 23.5 Å². The third-order valence-electron chi connectivity index (χ3n) is 5.90. The van der Waals surface area contributed by atoms with Crippen LogP contribution in [-0.4, -0.2) is 29.6 Å². The minimum absolute atomic E-state index is 0.00454. The molecule has 6 nitrogen and oxygen atoms in total. The molecular formula is C20H21NO5. The van der Waals surface area contributed by atoms with Crippen LogP contribution in [0.4, 0.5) is 5.69 Å². The largest absolute Gasteiger partial charge is 0.481 e. The van der Waals surface area contributed by atoms with Crippen LogP contribution >= 0.6 is 0 Å². The number of carbonyl (C=O) groups excluding carboxylic acids is 2. The van der Waals surface area contributed by atoms with E-state index in [0.717, 1.165) is 6.42 Å². The van der Waals surface area contributed by atoms with Crippen LogP contribution in [0.2, 0.25) is 0 Å². The first kappa shape index (κ1) is 16.8. The molecule has 2 fully saturated rings. The second-order valence-electron chi connectivity index (χ2n) is 7.28. The lowest BCUT2D eigenvalue weighted by atomic mass is 9.62. The van der Waals surface area contributed by atoms with Gasteiger partial charge in [-0.2, -0.15) is 0 Å². The van der Waals surface area contributed by atoms with E-state index in [1.54, 1.807) is 31.2 Å². The van der Waals surface area contributed by atoms with E-state index in [-0.39, 0.29) is 17.7 Å². The van der Waals surface area contributed by atoms with E-state index >= 15 is 0 Å². The van der Waals surface area contributed by atoms with Crippen molar-refractivity contribution in [3.8, 4) is 0 Å². The molecule has 26 heavy (non-hydrogen) atoms. The highest BCUT2D eigenvalue weighted by Crippen LogP contribution is 2.63. The standard InChI is InChI=1S/C20H21NO5/c1-2-26-20(25)10-3-5-11(6-4-10)21-18(22)16-12-7-8-13(15-9-14(12)15)17(16)19(23)24/h3-8,12-17H,2,9H2,1H3,(H,21,22)(H,23,24)/t12-,13-,14-,15-,16+,17-/m0/s1. The molecule has 0 radical (unpaired) electrons. The van der Waals surface area contributed by atoms with Gasteiger partial charge in [-0.05, 0) is 61.3 Å². The van der Waals surface area contributed by atoms with Crippen molar-refractivity contribution in [2.45, 2.75) is 13.3 Å². The van der Waals surface area contributed by atoms with Gasteiger partial charge >= 0.3 is 11.9 Å². The maximum atomic E-state index is 12.9. The van der Waals surface area contributed by atoms with Gasteiger partial charge in [0.25, 0.3) is 0 Å². The Hall–Kier alpha value is -2.63. The fourth-order valence-electron chi connectivity index (χ4n) is 4.70. The van der Waals surface area contributed by atoms with Gasteiger partial charge in [0.15, 0.2) is 0 Å². The number of hydrogen-bond acceptors (Lipinski definition) is 4. The van der Waals surface area contributed by atoms with Crippen molar-refractivity contribution in [1.29, 1.82) is 0 Å². The van der Waals surface area contributed by atoms with Gasteiger partial charge in [-0.15, -0.1) is 0 Å². The Bertz CT molecular complexity index is 784. The van der Waals surface area contributed by atoms with Gasteiger partial charge in [0, 0.05) is 5.69 Å². The molecule has 4 aliphatic carbocycles. The summed E-state index contributed by atoms with van der Waals surface area (Å²) in [7, 11) is 0. The summed E-state index contributed by atoms with van der Waals surface area (Å²) in [6.07, 6.45) is 5.05. The quantitative estimate of drug-likeness (QED) is 0.625. The molecule has 2 N–H and O–H groups in total. The molecule has 6 atom stereocenters. The topological polar surface area (TPSA) is 92.7 Å². The van der Waals surface area contributed by atoms with E-state index in [4.69, 9.17) is 4.74 Å². The Morgan fingerprint density at radius 3 is 2.27 bits per heavy atom. The van der Waals surface area contributed by atoms with Crippen LogP contribution in [0.1, 0.15) is 23.7 Å². The smallest absolute Gasteiger partial charge is 0.338 e. The van der Waals surface area contributed by atoms with Gasteiger partial charge < -0.3 is 15.2 Å². The molecule has 0 heterocycles. The number of rotatable bonds is 5. The van der Waals surface area contributed by atoms with Gasteiger partial charge in [0.05, 0.1) is 24.0 Å². The number of benzene rings is 1. The van der Waals surface area contributed by atoms with Crippen molar-refractivity contribution in [2.75, 3.05) is 11.9 Å². The van der Waals surface area contributed by atoms with Gasteiger partial charge in [-0.1, -0.05) is 12.2 Å². The van der Waals surface area contributed by atoms with Crippen LogP contribution in [0.15, 0.2) is 36.4 Å². The molecule has 5 rings (SSSR count). The van der Waals surface area contributed by atoms with Crippen molar-refractivity contribution in [3.05, 3.63) is 42.0 Å². The highest BCUT2D eigenvalue weighted by Gasteiger charge is 2.62. The molecule has 2 bridgehead atoms. The predicted octanol–water partition coefficient (Wildman–Crippen LogP) is 2.57. The number of aliphatic carboxylic acids is 1. The number of hydrogen-bond donors (Lipinski definition) is 2. The minimum atomic E-state index is -0.896. The lowest BCUT2D eigenvalue weighted by molar-refractivity contribution is -0.152. The molecule has 4 aliphatic rings. The number of ether oxygens (including phenoxy) is 1. The molecular weight excluding hydrogens is 334 g/mol. The van der Waals surface area contributed by atoms with Crippen LogP contribution in [0.25, 0.3) is 0 Å². The van der Waals surface area contributed by atoms with Gasteiger partial charge in [0.1, 0.15) is 0 Å². The van der Waals surface area contributed by atoms with Crippen LogP contribution < -0.4 is 5.32 Å². The number of nitrogens with one attached hydrogen (secondary N) is 1.